The molecule has 0 aliphatic rings. The minimum absolute atomic E-state index is 0.0926. The average molecular weight is 483 g/mol. The zero-order chi connectivity index (χ0) is 25.7. The van der Waals surface area contributed by atoms with Gasteiger partial charge in [0.25, 0.3) is 5.91 Å². The maximum Gasteiger partial charge on any atom is 0.305 e. The number of aromatic nitrogens is 1. The number of aliphatic carboxylic acids is 1. The number of rotatable bonds is 11. The fourth-order valence-electron chi connectivity index (χ4n) is 4.51. The highest BCUT2D eigenvalue weighted by Gasteiger charge is 2.29. The fourth-order valence-corrected chi connectivity index (χ4v) is 4.51. The highest BCUT2D eigenvalue weighted by atomic mass is 19.1. The molecule has 35 heavy (non-hydrogen) atoms. The van der Waals surface area contributed by atoms with E-state index in [9.17, 15) is 24.2 Å². The lowest BCUT2D eigenvalue weighted by Crippen LogP contribution is -2.22. The van der Waals surface area contributed by atoms with Crippen LogP contribution in [0.4, 0.5) is 4.39 Å². The summed E-state index contributed by atoms with van der Waals surface area (Å²) in [5, 5.41) is 29.3. The molecule has 0 saturated heterocycles. The molecule has 0 unspecified atom stereocenters. The Morgan fingerprint density at radius 2 is 1.60 bits per heavy atom. The molecule has 0 fully saturated rings. The van der Waals surface area contributed by atoms with Crippen LogP contribution < -0.4 is 5.73 Å². The van der Waals surface area contributed by atoms with Gasteiger partial charge in [0.2, 0.25) is 0 Å². The molecule has 1 amide bonds. The van der Waals surface area contributed by atoms with Gasteiger partial charge in [-0.1, -0.05) is 44.2 Å². The molecule has 8 heteroatoms. The molecular weight excluding hydrogens is 451 g/mol. The lowest BCUT2D eigenvalue weighted by atomic mass is 9.94. The summed E-state index contributed by atoms with van der Waals surface area (Å²) >= 11 is 0. The van der Waals surface area contributed by atoms with Crippen LogP contribution in [0.15, 0.2) is 54.6 Å². The number of nitrogens with two attached hydrogens (primary N) is 1. The van der Waals surface area contributed by atoms with E-state index >= 15 is 0 Å². The summed E-state index contributed by atoms with van der Waals surface area (Å²) < 4.78 is 15.7. The second kappa shape index (κ2) is 11.3. The summed E-state index contributed by atoms with van der Waals surface area (Å²) in [6.07, 6.45) is -2.49. The molecule has 1 aromatic heterocycles. The maximum atomic E-state index is 13.8. The number of carbonyl (C=O) groups is 2. The zero-order valence-electron chi connectivity index (χ0n) is 19.8. The number of hydrogen-bond donors (Lipinski definition) is 4. The summed E-state index contributed by atoms with van der Waals surface area (Å²) in [5.41, 5.74) is 9.71. The minimum Gasteiger partial charge on any atom is -0.481 e. The van der Waals surface area contributed by atoms with Gasteiger partial charge in [0.15, 0.2) is 0 Å². The van der Waals surface area contributed by atoms with Crippen LogP contribution in [0.3, 0.4) is 0 Å². The first kappa shape index (κ1) is 26.1. The molecule has 1 heterocycles. The van der Waals surface area contributed by atoms with Crippen molar-refractivity contribution in [1.29, 1.82) is 0 Å². The van der Waals surface area contributed by atoms with Gasteiger partial charge in [-0.05, 0) is 54.2 Å². The van der Waals surface area contributed by atoms with Gasteiger partial charge in [0, 0.05) is 17.8 Å². The number of carboxylic acids is 1. The van der Waals surface area contributed by atoms with E-state index in [2.05, 4.69) is 0 Å². The second-order valence-electron chi connectivity index (χ2n) is 8.96. The van der Waals surface area contributed by atoms with Crippen molar-refractivity contribution >= 4 is 11.9 Å². The molecule has 0 aliphatic carbocycles. The van der Waals surface area contributed by atoms with Crippen LogP contribution in [0.2, 0.25) is 0 Å². The SMILES string of the molecule is CC(C)c1c(C(N)=O)c(-c2ccccc2)c(-c2ccc(F)cc2)n1CC[C@@H](O)C[C@@H](O)CC(=O)O. The van der Waals surface area contributed by atoms with Crippen molar-refractivity contribution in [3.63, 3.8) is 0 Å². The number of benzene rings is 2. The minimum atomic E-state index is -1.17. The van der Waals surface area contributed by atoms with E-state index in [1.807, 2.05) is 48.7 Å². The number of primary amides is 1. The predicted molar refractivity (Wildman–Crippen MR) is 131 cm³/mol. The van der Waals surface area contributed by atoms with E-state index in [-0.39, 0.29) is 25.3 Å². The van der Waals surface area contributed by atoms with Crippen LogP contribution in [0.1, 0.15) is 55.1 Å². The molecule has 0 saturated carbocycles. The van der Waals surface area contributed by atoms with Crippen molar-refractivity contribution in [2.75, 3.05) is 0 Å². The topological polar surface area (TPSA) is 126 Å². The number of aliphatic hydroxyl groups excluding tert-OH is 2. The third-order valence-electron chi connectivity index (χ3n) is 5.92. The first-order valence-electron chi connectivity index (χ1n) is 11.6. The average Bonchev–Trinajstić information content (AvgIpc) is 3.14. The maximum absolute atomic E-state index is 13.8. The van der Waals surface area contributed by atoms with Gasteiger partial charge in [-0.2, -0.15) is 0 Å². The van der Waals surface area contributed by atoms with Crippen LogP contribution in [0.5, 0.6) is 0 Å². The molecule has 0 aliphatic heterocycles. The number of amides is 1. The van der Waals surface area contributed by atoms with Gasteiger partial charge in [-0.3, -0.25) is 9.59 Å². The highest BCUT2D eigenvalue weighted by molar-refractivity contribution is 6.05. The Balaban J connectivity index is 2.16. The molecule has 7 nitrogen and oxygen atoms in total. The highest BCUT2D eigenvalue weighted by Crippen LogP contribution is 2.42. The molecule has 186 valence electrons. The van der Waals surface area contributed by atoms with Gasteiger partial charge in [-0.15, -0.1) is 0 Å². The van der Waals surface area contributed by atoms with Crippen molar-refractivity contribution in [3.05, 3.63) is 71.7 Å². The van der Waals surface area contributed by atoms with Crippen molar-refractivity contribution in [2.24, 2.45) is 5.73 Å². The van der Waals surface area contributed by atoms with E-state index < -0.39 is 36.3 Å². The summed E-state index contributed by atoms with van der Waals surface area (Å²) in [4.78, 5) is 23.6. The monoisotopic (exact) mass is 482 g/mol. The number of halogens is 1. The Bertz CT molecular complexity index is 1170. The van der Waals surface area contributed by atoms with E-state index in [4.69, 9.17) is 10.8 Å². The van der Waals surface area contributed by atoms with Gasteiger partial charge >= 0.3 is 5.97 Å². The smallest absolute Gasteiger partial charge is 0.305 e. The summed E-state index contributed by atoms with van der Waals surface area (Å²) in [6, 6.07) is 15.3. The Morgan fingerprint density at radius 1 is 0.971 bits per heavy atom. The quantitative estimate of drug-likeness (QED) is 0.327. The second-order valence-corrected chi connectivity index (χ2v) is 8.96. The summed E-state index contributed by atoms with van der Waals surface area (Å²) in [7, 11) is 0. The summed E-state index contributed by atoms with van der Waals surface area (Å²) in [5.74, 6) is -2.24. The molecule has 0 bridgehead atoms. The third kappa shape index (κ3) is 6.15. The number of carbonyl (C=O) groups excluding carboxylic acids is 1. The molecular formula is C27H31FN2O5. The largest absolute Gasteiger partial charge is 0.481 e. The molecule has 0 spiro atoms. The lowest BCUT2D eigenvalue weighted by molar-refractivity contribution is -0.139. The van der Waals surface area contributed by atoms with E-state index in [0.717, 1.165) is 5.56 Å². The number of hydrogen-bond acceptors (Lipinski definition) is 4. The molecule has 2 atom stereocenters. The molecule has 3 rings (SSSR count). The van der Waals surface area contributed by atoms with Gasteiger partial charge in [0.05, 0.1) is 29.9 Å². The Labute approximate surface area is 203 Å². The molecule has 5 N–H and O–H groups in total. The number of nitrogens with zero attached hydrogens (tertiary/aromatic N) is 1. The van der Waals surface area contributed by atoms with Crippen LogP contribution >= 0.6 is 0 Å². The predicted octanol–water partition coefficient (Wildman–Crippen LogP) is 4.16. The van der Waals surface area contributed by atoms with E-state index in [1.54, 1.807) is 12.1 Å². The van der Waals surface area contributed by atoms with Gasteiger partial charge < -0.3 is 25.6 Å². The van der Waals surface area contributed by atoms with Crippen molar-refractivity contribution in [1.82, 2.24) is 4.57 Å². The first-order chi connectivity index (χ1) is 16.6. The molecule has 2 aromatic carbocycles. The molecule has 3 aromatic rings. The van der Waals surface area contributed by atoms with Crippen LogP contribution in [0, 0.1) is 5.82 Å². The Kier molecular flexibility index (Phi) is 8.43. The van der Waals surface area contributed by atoms with Gasteiger partial charge in [0.1, 0.15) is 5.82 Å². The van der Waals surface area contributed by atoms with Crippen LogP contribution in [-0.4, -0.2) is 44.0 Å². The Morgan fingerprint density at radius 3 is 2.14 bits per heavy atom. The Hall–Kier alpha value is -3.49. The fraction of sp³-hybridized carbons (Fsp3) is 0.333. The van der Waals surface area contributed by atoms with Crippen molar-refractivity contribution in [3.8, 4) is 22.4 Å². The van der Waals surface area contributed by atoms with E-state index in [0.29, 0.717) is 28.1 Å². The normalized spacial score (nSPS) is 13.1. The van der Waals surface area contributed by atoms with E-state index in [1.165, 1.54) is 12.1 Å². The summed E-state index contributed by atoms with van der Waals surface area (Å²) in [6.45, 7) is 4.15. The molecule has 0 radical (unpaired) electrons. The number of aliphatic hydroxyl groups is 2. The zero-order valence-corrected chi connectivity index (χ0v) is 19.8. The van der Waals surface area contributed by atoms with Crippen LogP contribution in [0.25, 0.3) is 22.4 Å². The van der Waals surface area contributed by atoms with Gasteiger partial charge in [-0.25, -0.2) is 4.39 Å². The first-order valence-corrected chi connectivity index (χ1v) is 11.6. The number of carboxylic acid groups (broad SMARTS) is 1. The van der Waals surface area contributed by atoms with Crippen LogP contribution in [-0.2, 0) is 11.3 Å². The van der Waals surface area contributed by atoms with Crippen molar-refractivity contribution in [2.45, 2.75) is 57.8 Å². The third-order valence-corrected chi connectivity index (χ3v) is 5.92. The standard InChI is InChI=1S/C27H31FN2O5/c1-16(2)25-24(27(29)35)23(17-6-4-3-5-7-17)26(18-8-10-19(28)11-9-18)30(25)13-12-20(31)14-21(32)15-22(33)34/h3-11,16,20-21,31-32H,12-15H2,1-2H3,(H2,29,35)(H,33,34)/t20-,21-/m1/s1. The van der Waals surface area contributed by atoms with Crippen molar-refractivity contribution < 1.29 is 29.3 Å². The lowest BCUT2D eigenvalue weighted by Gasteiger charge is -2.20.